The summed E-state index contributed by atoms with van der Waals surface area (Å²) in [7, 11) is 0. The molecule has 19 heavy (non-hydrogen) atoms. The third-order valence-electron chi connectivity index (χ3n) is 3.04. The Hall–Kier alpha value is -2.40. The first-order chi connectivity index (χ1) is 9.18. The lowest BCUT2D eigenvalue weighted by Crippen LogP contribution is -2.28. The van der Waals surface area contributed by atoms with Gasteiger partial charge in [-0.2, -0.15) is 0 Å². The Morgan fingerprint density at radius 2 is 2.00 bits per heavy atom. The number of aliphatic hydroxyl groups is 1. The van der Waals surface area contributed by atoms with Crippen LogP contribution in [-0.2, 0) is 0 Å². The third kappa shape index (κ3) is 1.84. The molecule has 0 aliphatic heterocycles. The van der Waals surface area contributed by atoms with E-state index in [0.717, 1.165) is 5.69 Å². The molecule has 1 atom stereocenters. The van der Waals surface area contributed by atoms with Gasteiger partial charge in [0.05, 0.1) is 17.5 Å². The fraction of sp³-hybridized carbons (Fsp3) is 0.143. The monoisotopic (exact) mass is 255 g/mol. The van der Waals surface area contributed by atoms with Crippen LogP contribution in [0.15, 0.2) is 53.6 Å². The lowest BCUT2D eigenvalue weighted by molar-refractivity contribution is 0.191. The molecule has 2 heterocycles. The Labute approximate surface area is 109 Å². The first-order valence-corrected chi connectivity index (χ1v) is 6.01. The van der Waals surface area contributed by atoms with Gasteiger partial charge in [-0.15, -0.1) is 0 Å². The summed E-state index contributed by atoms with van der Waals surface area (Å²) in [6.45, 7) is 1.63. The molecule has 2 aromatic heterocycles. The summed E-state index contributed by atoms with van der Waals surface area (Å²) >= 11 is 0. The molecule has 0 bridgehead atoms. The van der Waals surface area contributed by atoms with Crippen LogP contribution in [0.5, 0.6) is 0 Å². The van der Waals surface area contributed by atoms with Crippen LogP contribution in [0.3, 0.4) is 0 Å². The zero-order valence-corrected chi connectivity index (χ0v) is 10.4. The molecule has 0 aliphatic carbocycles. The van der Waals surface area contributed by atoms with Gasteiger partial charge in [-0.3, -0.25) is 8.97 Å². The largest absolute Gasteiger partial charge is 0.387 e. The molecule has 1 unspecified atom stereocenters. The Morgan fingerprint density at radius 3 is 2.68 bits per heavy atom. The Kier molecular flexibility index (Phi) is 2.68. The highest BCUT2D eigenvalue weighted by Gasteiger charge is 2.14. The van der Waals surface area contributed by atoms with Crippen molar-refractivity contribution in [2.45, 2.75) is 13.0 Å². The molecule has 3 aromatic rings. The first-order valence-electron chi connectivity index (χ1n) is 6.01. The van der Waals surface area contributed by atoms with Crippen molar-refractivity contribution in [3.63, 3.8) is 0 Å². The van der Waals surface area contributed by atoms with E-state index in [0.29, 0.717) is 11.3 Å². The lowest BCUT2D eigenvalue weighted by Gasteiger charge is -2.15. The van der Waals surface area contributed by atoms with E-state index in [1.165, 1.54) is 8.97 Å². The minimum absolute atomic E-state index is 0.239. The number of nitrogens with zero attached hydrogens (tertiary/aromatic N) is 3. The summed E-state index contributed by atoms with van der Waals surface area (Å²) in [5.41, 5.74) is 1.54. The molecule has 5 nitrogen and oxygen atoms in total. The van der Waals surface area contributed by atoms with Crippen molar-refractivity contribution < 1.29 is 5.11 Å². The van der Waals surface area contributed by atoms with E-state index < -0.39 is 6.10 Å². The molecule has 0 radical (unpaired) electrons. The number of para-hydroxylation sites is 1. The van der Waals surface area contributed by atoms with Crippen molar-refractivity contribution in [3.8, 4) is 5.69 Å². The quantitative estimate of drug-likeness (QED) is 0.755. The summed E-state index contributed by atoms with van der Waals surface area (Å²) in [6.07, 6.45) is 2.43. The Morgan fingerprint density at radius 1 is 1.26 bits per heavy atom. The number of imidazole rings is 1. The van der Waals surface area contributed by atoms with E-state index in [4.69, 9.17) is 0 Å². The summed E-state index contributed by atoms with van der Waals surface area (Å²) in [5, 5.41) is 9.89. The fourth-order valence-corrected chi connectivity index (χ4v) is 2.14. The molecule has 0 saturated heterocycles. The molecule has 0 aliphatic rings. The van der Waals surface area contributed by atoms with Gasteiger partial charge in [0.2, 0.25) is 0 Å². The molecule has 0 amide bonds. The predicted octanol–water partition coefficient (Wildman–Crippen LogP) is 1.54. The molecule has 1 aromatic carbocycles. The Balaban J connectivity index is 2.41. The summed E-state index contributed by atoms with van der Waals surface area (Å²) in [6, 6.07) is 11.0. The van der Waals surface area contributed by atoms with E-state index in [9.17, 15) is 9.90 Å². The molecule has 1 N–H and O–H groups in total. The second kappa shape index (κ2) is 4.37. The van der Waals surface area contributed by atoms with Crippen LogP contribution in [0.2, 0.25) is 0 Å². The molecular formula is C14H13N3O2. The maximum absolute atomic E-state index is 12.5. The van der Waals surface area contributed by atoms with Gasteiger partial charge >= 0.3 is 5.69 Å². The number of benzene rings is 1. The van der Waals surface area contributed by atoms with Crippen molar-refractivity contribution >= 4 is 5.65 Å². The number of hydrogen-bond donors (Lipinski definition) is 1. The minimum atomic E-state index is -0.755. The van der Waals surface area contributed by atoms with Gasteiger partial charge < -0.3 is 5.11 Å². The van der Waals surface area contributed by atoms with Crippen molar-refractivity contribution in [2.24, 2.45) is 0 Å². The standard InChI is InChI=1S/C14H13N3O2/c1-10(18)12-9-13-15-7-8-16(13)14(19)17(12)11-5-3-2-4-6-11/h2-10,18H,1H3. The summed E-state index contributed by atoms with van der Waals surface area (Å²) in [4.78, 5) is 16.6. The van der Waals surface area contributed by atoms with Gasteiger partial charge in [-0.1, -0.05) is 18.2 Å². The number of aliphatic hydroxyl groups excluding tert-OH is 1. The van der Waals surface area contributed by atoms with E-state index in [2.05, 4.69) is 4.98 Å². The topological polar surface area (TPSA) is 59.5 Å². The maximum atomic E-state index is 12.5. The number of fused-ring (bicyclic) bond motifs is 1. The molecule has 0 saturated carbocycles. The van der Waals surface area contributed by atoms with E-state index in [-0.39, 0.29) is 5.69 Å². The minimum Gasteiger partial charge on any atom is -0.387 e. The highest BCUT2D eigenvalue weighted by atomic mass is 16.3. The maximum Gasteiger partial charge on any atom is 0.338 e. The molecular weight excluding hydrogens is 242 g/mol. The fourth-order valence-electron chi connectivity index (χ4n) is 2.14. The van der Waals surface area contributed by atoms with Gasteiger partial charge in [-0.25, -0.2) is 9.78 Å². The summed E-state index contributed by atoms with van der Waals surface area (Å²) < 4.78 is 2.96. The summed E-state index contributed by atoms with van der Waals surface area (Å²) in [5.74, 6) is 0. The first kappa shape index (κ1) is 11.7. The SMILES string of the molecule is CC(O)c1cc2nccn2c(=O)n1-c1ccccc1. The van der Waals surface area contributed by atoms with Crippen LogP contribution in [0.25, 0.3) is 11.3 Å². The van der Waals surface area contributed by atoms with Crippen LogP contribution in [-0.4, -0.2) is 19.1 Å². The van der Waals surface area contributed by atoms with Crippen molar-refractivity contribution in [3.05, 3.63) is 65.0 Å². The Bertz CT molecular complexity index is 772. The zero-order valence-electron chi connectivity index (χ0n) is 10.4. The zero-order chi connectivity index (χ0) is 13.4. The van der Waals surface area contributed by atoms with Gasteiger partial charge in [0, 0.05) is 18.5 Å². The van der Waals surface area contributed by atoms with Crippen LogP contribution in [0, 0.1) is 0 Å². The second-order valence-corrected chi connectivity index (χ2v) is 4.35. The van der Waals surface area contributed by atoms with E-state index in [1.54, 1.807) is 25.4 Å². The van der Waals surface area contributed by atoms with Gasteiger partial charge in [0.1, 0.15) is 5.65 Å². The van der Waals surface area contributed by atoms with Gasteiger partial charge in [-0.05, 0) is 19.1 Å². The normalized spacial score (nSPS) is 12.7. The molecule has 5 heteroatoms. The number of aromatic nitrogens is 3. The molecule has 0 fully saturated rings. The van der Waals surface area contributed by atoms with Crippen LogP contribution >= 0.6 is 0 Å². The predicted molar refractivity (Wildman–Crippen MR) is 71.4 cm³/mol. The number of hydrogen-bond acceptors (Lipinski definition) is 3. The molecule has 96 valence electrons. The van der Waals surface area contributed by atoms with Crippen molar-refractivity contribution in [1.82, 2.24) is 14.0 Å². The van der Waals surface area contributed by atoms with E-state index in [1.807, 2.05) is 30.3 Å². The van der Waals surface area contributed by atoms with Crippen LogP contribution in [0.1, 0.15) is 18.7 Å². The van der Waals surface area contributed by atoms with E-state index >= 15 is 0 Å². The van der Waals surface area contributed by atoms with Gasteiger partial charge in [0.25, 0.3) is 0 Å². The van der Waals surface area contributed by atoms with Gasteiger partial charge in [0.15, 0.2) is 0 Å². The lowest BCUT2D eigenvalue weighted by atomic mass is 10.2. The van der Waals surface area contributed by atoms with Crippen LogP contribution in [0.4, 0.5) is 0 Å². The second-order valence-electron chi connectivity index (χ2n) is 4.35. The van der Waals surface area contributed by atoms with Crippen molar-refractivity contribution in [2.75, 3.05) is 0 Å². The van der Waals surface area contributed by atoms with Crippen molar-refractivity contribution in [1.29, 1.82) is 0 Å². The van der Waals surface area contributed by atoms with Crippen LogP contribution < -0.4 is 5.69 Å². The molecule has 3 rings (SSSR count). The number of rotatable bonds is 2. The average Bonchev–Trinajstić information content (AvgIpc) is 2.88. The highest BCUT2D eigenvalue weighted by molar-refractivity contribution is 5.43. The smallest absolute Gasteiger partial charge is 0.338 e. The third-order valence-corrected chi connectivity index (χ3v) is 3.04. The highest BCUT2D eigenvalue weighted by Crippen LogP contribution is 2.16. The molecule has 0 spiro atoms. The average molecular weight is 255 g/mol.